The zero-order chi connectivity index (χ0) is 14.7. The highest BCUT2D eigenvalue weighted by Gasteiger charge is 2.33. The summed E-state index contributed by atoms with van der Waals surface area (Å²) in [5.41, 5.74) is 5.93. The molecule has 2 unspecified atom stereocenters. The van der Waals surface area contributed by atoms with Crippen LogP contribution >= 0.6 is 0 Å². The van der Waals surface area contributed by atoms with Crippen molar-refractivity contribution in [2.45, 2.75) is 38.1 Å². The van der Waals surface area contributed by atoms with Gasteiger partial charge in [0.25, 0.3) is 0 Å². The second-order valence-electron chi connectivity index (χ2n) is 6.95. The summed E-state index contributed by atoms with van der Waals surface area (Å²) in [5, 5.41) is 0. The van der Waals surface area contributed by atoms with Crippen molar-refractivity contribution in [1.82, 2.24) is 9.80 Å². The fraction of sp³-hybridized carbons (Fsp3) is 0.938. The van der Waals surface area contributed by atoms with Crippen LogP contribution in [0.5, 0.6) is 0 Å². The van der Waals surface area contributed by atoms with E-state index in [1.807, 2.05) is 0 Å². The minimum atomic E-state index is 0.204. The number of nitrogens with zero attached hydrogens (tertiary/aromatic N) is 2. The summed E-state index contributed by atoms with van der Waals surface area (Å²) in [6, 6.07) is 0.248. The van der Waals surface area contributed by atoms with E-state index >= 15 is 0 Å². The van der Waals surface area contributed by atoms with Crippen LogP contribution in [0, 0.1) is 11.8 Å². The van der Waals surface area contributed by atoms with E-state index in [1.54, 1.807) is 0 Å². The van der Waals surface area contributed by atoms with Crippen LogP contribution in [0.3, 0.4) is 0 Å². The maximum Gasteiger partial charge on any atom is 0.225 e. The van der Waals surface area contributed by atoms with Gasteiger partial charge in [0.05, 0.1) is 13.2 Å². The molecule has 120 valence electrons. The molecule has 0 radical (unpaired) electrons. The Morgan fingerprint density at radius 3 is 2.38 bits per heavy atom. The Hall–Kier alpha value is -0.650. The van der Waals surface area contributed by atoms with Crippen LogP contribution in [0.1, 0.15) is 32.1 Å². The summed E-state index contributed by atoms with van der Waals surface area (Å²) >= 11 is 0. The fourth-order valence-electron chi connectivity index (χ4n) is 3.98. The van der Waals surface area contributed by atoms with Gasteiger partial charge in [0.2, 0.25) is 5.91 Å². The van der Waals surface area contributed by atoms with E-state index in [0.29, 0.717) is 5.91 Å². The average Bonchev–Trinajstić information content (AvgIpc) is 2.95. The Morgan fingerprint density at radius 1 is 1.05 bits per heavy atom. The van der Waals surface area contributed by atoms with Gasteiger partial charge in [-0.15, -0.1) is 0 Å². The molecule has 0 aromatic heterocycles. The first-order chi connectivity index (χ1) is 10.2. The Bertz CT molecular complexity index is 349. The van der Waals surface area contributed by atoms with Crippen LogP contribution in [-0.4, -0.2) is 67.7 Å². The number of carbonyl (C=O) groups excluding carboxylic acids is 1. The Kier molecular flexibility index (Phi) is 5.14. The molecule has 0 bridgehead atoms. The highest BCUT2D eigenvalue weighted by atomic mass is 16.5. The molecule has 2 saturated heterocycles. The number of likely N-dealkylation sites (tertiary alicyclic amines) is 1. The van der Waals surface area contributed by atoms with Crippen LogP contribution < -0.4 is 5.73 Å². The molecule has 0 spiro atoms. The van der Waals surface area contributed by atoms with Gasteiger partial charge in [-0.2, -0.15) is 0 Å². The number of ether oxygens (including phenoxy) is 1. The lowest BCUT2D eigenvalue weighted by atomic mass is 9.94. The van der Waals surface area contributed by atoms with E-state index in [4.69, 9.17) is 10.5 Å². The van der Waals surface area contributed by atoms with Gasteiger partial charge in [-0.05, 0) is 38.0 Å². The number of nitrogens with two attached hydrogens (primary N) is 1. The van der Waals surface area contributed by atoms with E-state index in [2.05, 4.69) is 9.80 Å². The molecule has 0 aromatic carbocycles. The summed E-state index contributed by atoms with van der Waals surface area (Å²) in [6.07, 6.45) is 5.22. The lowest BCUT2D eigenvalue weighted by Crippen LogP contribution is -2.45. The molecule has 5 nitrogen and oxygen atoms in total. The SMILES string of the molecule is NC1CCC(C(=O)N2CCC(CN3CCOCC3)CC2)C1. The molecule has 2 heterocycles. The van der Waals surface area contributed by atoms with Gasteiger partial charge < -0.3 is 15.4 Å². The second-order valence-corrected chi connectivity index (χ2v) is 6.95. The molecule has 21 heavy (non-hydrogen) atoms. The monoisotopic (exact) mass is 295 g/mol. The van der Waals surface area contributed by atoms with Crippen LogP contribution in [0.2, 0.25) is 0 Å². The molecule has 2 atom stereocenters. The van der Waals surface area contributed by atoms with Crippen LogP contribution in [-0.2, 0) is 9.53 Å². The van der Waals surface area contributed by atoms with Crippen molar-refractivity contribution in [3.05, 3.63) is 0 Å². The first-order valence-electron chi connectivity index (χ1n) is 8.57. The summed E-state index contributed by atoms with van der Waals surface area (Å²) < 4.78 is 5.40. The molecule has 1 amide bonds. The molecule has 2 aliphatic heterocycles. The molecule has 1 saturated carbocycles. The highest BCUT2D eigenvalue weighted by molar-refractivity contribution is 5.79. The molecule has 1 aliphatic carbocycles. The maximum atomic E-state index is 12.5. The van der Waals surface area contributed by atoms with E-state index in [-0.39, 0.29) is 12.0 Å². The normalized spacial score (nSPS) is 32.5. The Balaban J connectivity index is 1.41. The van der Waals surface area contributed by atoms with Crippen molar-refractivity contribution in [2.24, 2.45) is 17.6 Å². The van der Waals surface area contributed by atoms with Gasteiger partial charge in [-0.1, -0.05) is 0 Å². The predicted molar refractivity (Wildman–Crippen MR) is 81.9 cm³/mol. The predicted octanol–water partition coefficient (Wildman–Crippen LogP) is 0.685. The molecule has 3 aliphatic rings. The second kappa shape index (κ2) is 7.07. The Labute approximate surface area is 127 Å². The minimum Gasteiger partial charge on any atom is -0.379 e. The number of carbonyl (C=O) groups is 1. The van der Waals surface area contributed by atoms with Crippen LogP contribution in [0.25, 0.3) is 0 Å². The van der Waals surface area contributed by atoms with Crippen molar-refractivity contribution < 1.29 is 9.53 Å². The molecule has 5 heteroatoms. The molecule has 3 rings (SSSR count). The maximum absolute atomic E-state index is 12.5. The molecular formula is C16H29N3O2. The smallest absolute Gasteiger partial charge is 0.225 e. The molecular weight excluding hydrogens is 266 g/mol. The number of hydrogen-bond donors (Lipinski definition) is 1. The van der Waals surface area contributed by atoms with Crippen molar-refractivity contribution in [3.8, 4) is 0 Å². The standard InChI is InChI=1S/C16H29N3O2/c17-15-2-1-14(11-15)16(20)19-5-3-13(4-6-19)12-18-7-9-21-10-8-18/h13-15H,1-12,17H2. The van der Waals surface area contributed by atoms with Gasteiger partial charge >= 0.3 is 0 Å². The lowest BCUT2D eigenvalue weighted by Gasteiger charge is -2.37. The van der Waals surface area contributed by atoms with Gasteiger partial charge in [0, 0.05) is 44.7 Å². The molecule has 0 aromatic rings. The zero-order valence-electron chi connectivity index (χ0n) is 13.0. The summed E-state index contributed by atoms with van der Waals surface area (Å²) in [5.74, 6) is 1.32. The topological polar surface area (TPSA) is 58.8 Å². The lowest BCUT2D eigenvalue weighted by molar-refractivity contribution is -0.136. The van der Waals surface area contributed by atoms with E-state index < -0.39 is 0 Å². The molecule has 2 N–H and O–H groups in total. The number of amides is 1. The molecule has 3 fully saturated rings. The van der Waals surface area contributed by atoms with Crippen molar-refractivity contribution in [3.63, 3.8) is 0 Å². The van der Waals surface area contributed by atoms with Crippen molar-refractivity contribution >= 4 is 5.91 Å². The largest absolute Gasteiger partial charge is 0.379 e. The number of piperidine rings is 1. The van der Waals surface area contributed by atoms with Crippen LogP contribution in [0.4, 0.5) is 0 Å². The average molecular weight is 295 g/mol. The number of rotatable bonds is 3. The van der Waals surface area contributed by atoms with E-state index in [1.165, 1.54) is 6.54 Å². The summed E-state index contributed by atoms with van der Waals surface area (Å²) in [4.78, 5) is 17.1. The Morgan fingerprint density at radius 2 is 1.76 bits per heavy atom. The third kappa shape index (κ3) is 3.96. The first-order valence-corrected chi connectivity index (χ1v) is 8.57. The van der Waals surface area contributed by atoms with Crippen molar-refractivity contribution in [2.75, 3.05) is 45.9 Å². The summed E-state index contributed by atoms with van der Waals surface area (Å²) in [6.45, 7) is 6.95. The minimum absolute atomic E-state index is 0.204. The number of morpholine rings is 1. The summed E-state index contributed by atoms with van der Waals surface area (Å²) in [7, 11) is 0. The van der Waals surface area contributed by atoms with Crippen molar-refractivity contribution in [1.29, 1.82) is 0 Å². The third-order valence-corrected chi connectivity index (χ3v) is 5.37. The first kappa shape index (κ1) is 15.3. The van der Waals surface area contributed by atoms with E-state index in [0.717, 1.165) is 77.4 Å². The number of hydrogen-bond acceptors (Lipinski definition) is 4. The van der Waals surface area contributed by atoms with E-state index in [9.17, 15) is 4.79 Å². The fourth-order valence-corrected chi connectivity index (χ4v) is 3.98. The zero-order valence-corrected chi connectivity index (χ0v) is 13.0. The van der Waals surface area contributed by atoms with Gasteiger partial charge in [0.1, 0.15) is 0 Å². The third-order valence-electron chi connectivity index (χ3n) is 5.37. The highest BCUT2D eigenvalue weighted by Crippen LogP contribution is 2.28. The van der Waals surface area contributed by atoms with Gasteiger partial charge in [-0.25, -0.2) is 0 Å². The van der Waals surface area contributed by atoms with Gasteiger partial charge in [-0.3, -0.25) is 9.69 Å². The van der Waals surface area contributed by atoms with Gasteiger partial charge in [0.15, 0.2) is 0 Å². The quantitative estimate of drug-likeness (QED) is 0.832. The van der Waals surface area contributed by atoms with Crippen LogP contribution in [0.15, 0.2) is 0 Å².